The van der Waals surface area contributed by atoms with Crippen LogP contribution < -0.4 is 10.2 Å². The van der Waals surface area contributed by atoms with Gasteiger partial charge in [0.25, 0.3) is 5.91 Å². The molecule has 3 rings (SSSR count). The number of rotatable bonds is 4. The molecule has 0 spiro atoms. The molecule has 0 radical (unpaired) electrons. The average Bonchev–Trinajstić information content (AvgIpc) is 3.02. The molecule has 1 N–H and O–H groups in total. The van der Waals surface area contributed by atoms with E-state index in [9.17, 15) is 4.79 Å². The lowest BCUT2D eigenvalue weighted by Crippen LogP contribution is -2.14. The summed E-state index contributed by atoms with van der Waals surface area (Å²) in [6.07, 6.45) is 0. The second-order valence-electron chi connectivity index (χ2n) is 6.00. The van der Waals surface area contributed by atoms with Gasteiger partial charge in [0.1, 0.15) is 0 Å². The van der Waals surface area contributed by atoms with E-state index >= 15 is 0 Å². The van der Waals surface area contributed by atoms with E-state index in [0.717, 1.165) is 27.7 Å². The van der Waals surface area contributed by atoms with E-state index in [4.69, 9.17) is 0 Å². The number of hydrogen-bond donors (Lipinski definition) is 1. The van der Waals surface area contributed by atoms with Gasteiger partial charge in [-0.1, -0.05) is 18.2 Å². The first-order valence-electron chi connectivity index (χ1n) is 7.89. The fourth-order valence-electron chi connectivity index (χ4n) is 2.62. The van der Waals surface area contributed by atoms with E-state index in [1.807, 2.05) is 68.4 Å². The minimum absolute atomic E-state index is 0.101. The van der Waals surface area contributed by atoms with Gasteiger partial charge in [-0.3, -0.25) is 9.79 Å². The van der Waals surface area contributed by atoms with Crippen LogP contribution in [0.15, 0.2) is 53.5 Å². The number of nitrogens with zero attached hydrogens (tertiary/aromatic N) is 2. The lowest BCUT2D eigenvalue weighted by Gasteiger charge is -2.14. The molecular formula is C19H21N3OS. The lowest BCUT2D eigenvalue weighted by molar-refractivity contribution is 0.102. The molecule has 0 fully saturated rings. The molecule has 1 unspecified atom stereocenters. The third-order valence-corrected chi connectivity index (χ3v) is 4.95. The van der Waals surface area contributed by atoms with Gasteiger partial charge in [0.2, 0.25) is 0 Å². The third-order valence-electron chi connectivity index (χ3n) is 3.94. The highest BCUT2D eigenvalue weighted by Crippen LogP contribution is 2.31. The summed E-state index contributed by atoms with van der Waals surface area (Å²) in [4.78, 5) is 19.1. The largest absolute Gasteiger partial charge is 0.378 e. The number of amides is 1. The fourth-order valence-corrected chi connectivity index (χ4v) is 3.48. The number of carbonyl (C=O) groups is 1. The van der Waals surface area contributed by atoms with Gasteiger partial charge in [0.05, 0.1) is 11.1 Å². The molecular weight excluding hydrogens is 318 g/mol. The first-order chi connectivity index (χ1) is 11.5. The van der Waals surface area contributed by atoms with Crippen molar-refractivity contribution in [3.8, 4) is 0 Å². The Bertz CT molecular complexity index is 786. The maximum absolute atomic E-state index is 12.5. The zero-order valence-electron chi connectivity index (χ0n) is 14.1. The Kier molecular flexibility index (Phi) is 4.90. The molecule has 4 nitrogen and oxygen atoms in total. The van der Waals surface area contributed by atoms with Crippen molar-refractivity contribution in [3.63, 3.8) is 0 Å². The monoisotopic (exact) mass is 339 g/mol. The summed E-state index contributed by atoms with van der Waals surface area (Å²) in [5, 5.41) is 4.11. The number of aliphatic imine (C=N–C) groups is 1. The van der Waals surface area contributed by atoms with Crippen molar-refractivity contribution in [1.82, 2.24) is 0 Å². The second kappa shape index (κ2) is 7.09. The Balaban J connectivity index is 1.76. The van der Waals surface area contributed by atoms with Gasteiger partial charge in [-0.2, -0.15) is 0 Å². The van der Waals surface area contributed by atoms with Gasteiger partial charge in [0, 0.05) is 36.8 Å². The molecule has 24 heavy (non-hydrogen) atoms. The minimum atomic E-state index is -0.101. The fraction of sp³-hybridized carbons (Fsp3) is 0.263. The molecule has 2 aromatic rings. The number of thioether (sulfide) groups is 1. The second-order valence-corrected chi connectivity index (χ2v) is 7.21. The van der Waals surface area contributed by atoms with E-state index in [0.29, 0.717) is 5.56 Å². The number of benzene rings is 2. The van der Waals surface area contributed by atoms with Crippen molar-refractivity contribution in [2.24, 2.45) is 4.99 Å². The van der Waals surface area contributed by atoms with E-state index in [-0.39, 0.29) is 11.9 Å². The summed E-state index contributed by atoms with van der Waals surface area (Å²) in [7, 11) is 3.92. The Morgan fingerprint density at radius 3 is 2.71 bits per heavy atom. The van der Waals surface area contributed by atoms with Gasteiger partial charge in [-0.25, -0.2) is 0 Å². The van der Waals surface area contributed by atoms with Gasteiger partial charge in [-0.15, -0.1) is 11.8 Å². The quantitative estimate of drug-likeness (QED) is 0.907. The zero-order valence-corrected chi connectivity index (χ0v) is 14.9. The molecule has 2 aromatic carbocycles. The molecule has 0 bridgehead atoms. The first kappa shape index (κ1) is 16.6. The Morgan fingerprint density at radius 1 is 1.21 bits per heavy atom. The van der Waals surface area contributed by atoms with Gasteiger partial charge in [-0.05, 0) is 42.8 Å². The van der Waals surface area contributed by atoms with Crippen LogP contribution in [0.1, 0.15) is 28.9 Å². The molecule has 0 saturated carbocycles. The van der Waals surface area contributed by atoms with Crippen LogP contribution in [0, 0.1) is 0 Å². The molecule has 0 saturated heterocycles. The molecule has 1 aliphatic heterocycles. The predicted octanol–water partition coefficient (Wildman–Crippen LogP) is 4.21. The van der Waals surface area contributed by atoms with Gasteiger partial charge in [0.15, 0.2) is 0 Å². The number of nitrogens with one attached hydrogen (secondary N) is 1. The maximum atomic E-state index is 12.5. The topological polar surface area (TPSA) is 44.7 Å². The number of hydrogen-bond acceptors (Lipinski definition) is 4. The molecule has 0 aromatic heterocycles. The van der Waals surface area contributed by atoms with Crippen LogP contribution in [0.4, 0.5) is 11.4 Å². The lowest BCUT2D eigenvalue weighted by atomic mass is 10.1. The Morgan fingerprint density at radius 2 is 2.00 bits per heavy atom. The van der Waals surface area contributed by atoms with Crippen LogP contribution in [0.3, 0.4) is 0 Å². The van der Waals surface area contributed by atoms with Crippen molar-refractivity contribution in [2.45, 2.75) is 13.0 Å². The normalized spacial score (nSPS) is 16.6. The molecule has 1 aliphatic rings. The highest BCUT2D eigenvalue weighted by atomic mass is 32.2. The van der Waals surface area contributed by atoms with Crippen LogP contribution in [-0.2, 0) is 0 Å². The summed E-state index contributed by atoms with van der Waals surface area (Å²) >= 11 is 1.78. The van der Waals surface area contributed by atoms with E-state index < -0.39 is 0 Å². The summed E-state index contributed by atoms with van der Waals surface area (Å²) in [6.45, 7) is 2.04. The third kappa shape index (κ3) is 3.79. The van der Waals surface area contributed by atoms with Crippen molar-refractivity contribution in [2.75, 3.05) is 30.1 Å². The van der Waals surface area contributed by atoms with Crippen LogP contribution in [0.2, 0.25) is 0 Å². The zero-order chi connectivity index (χ0) is 17.1. The Hall–Kier alpha value is -2.27. The predicted molar refractivity (Wildman–Crippen MR) is 103 cm³/mol. The van der Waals surface area contributed by atoms with Crippen LogP contribution in [0.5, 0.6) is 0 Å². The minimum Gasteiger partial charge on any atom is -0.378 e. The summed E-state index contributed by atoms with van der Waals surface area (Å²) in [5.41, 5.74) is 3.60. The molecule has 124 valence electrons. The molecule has 0 aliphatic carbocycles. The van der Waals surface area contributed by atoms with Crippen LogP contribution in [0.25, 0.3) is 0 Å². The van der Waals surface area contributed by atoms with Crippen LogP contribution >= 0.6 is 11.8 Å². The summed E-state index contributed by atoms with van der Waals surface area (Å²) < 4.78 is 0. The Labute approximate surface area is 147 Å². The molecule has 1 amide bonds. The molecule has 1 heterocycles. The smallest absolute Gasteiger partial charge is 0.255 e. The average molecular weight is 339 g/mol. The van der Waals surface area contributed by atoms with Crippen molar-refractivity contribution >= 4 is 34.1 Å². The van der Waals surface area contributed by atoms with Gasteiger partial charge >= 0.3 is 0 Å². The van der Waals surface area contributed by atoms with E-state index in [2.05, 4.69) is 16.4 Å². The maximum Gasteiger partial charge on any atom is 0.255 e. The highest BCUT2D eigenvalue weighted by molar-refractivity contribution is 8.14. The van der Waals surface area contributed by atoms with Crippen LogP contribution in [-0.4, -0.2) is 30.8 Å². The summed E-state index contributed by atoms with van der Waals surface area (Å²) in [6, 6.07) is 15.7. The number of anilines is 2. The van der Waals surface area contributed by atoms with Crippen molar-refractivity contribution < 1.29 is 4.79 Å². The van der Waals surface area contributed by atoms with Gasteiger partial charge < -0.3 is 10.2 Å². The standard InChI is InChI=1S/C19H21N3OS/c1-13-20-18(12-24-13)14-6-4-8-16(10-14)21-19(23)15-7-5-9-17(11-15)22(2)3/h4-11,18H,12H2,1-3H3,(H,21,23). The molecule has 1 atom stereocenters. The first-order valence-corrected chi connectivity index (χ1v) is 8.87. The SMILES string of the molecule is CC1=NC(c2cccc(NC(=O)c3cccc(N(C)C)c3)c2)CS1. The highest BCUT2D eigenvalue weighted by Gasteiger charge is 2.18. The van der Waals surface area contributed by atoms with E-state index in [1.165, 1.54) is 0 Å². The van der Waals surface area contributed by atoms with E-state index in [1.54, 1.807) is 11.8 Å². The number of carbonyl (C=O) groups excluding carboxylic acids is 1. The van der Waals surface area contributed by atoms with Crippen molar-refractivity contribution in [3.05, 3.63) is 59.7 Å². The van der Waals surface area contributed by atoms with Crippen molar-refractivity contribution in [1.29, 1.82) is 0 Å². The molecule has 5 heteroatoms. The summed E-state index contributed by atoms with van der Waals surface area (Å²) in [5.74, 6) is 0.866.